The molecule has 6 heteroatoms. The van der Waals surface area contributed by atoms with Crippen LogP contribution in [0.3, 0.4) is 0 Å². The molecule has 5 nitrogen and oxygen atoms in total. The topological polar surface area (TPSA) is 67.4 Å². The van der Waals surface area contributed by atoms with Gasteiger partial charge >= 0.3 is 0 Å². The van der Waals surface area contributed by atoms with E-state index in [1.165, 1.54) is 11.8 Å². The number of hydrogen-bond acceptors (Lipinski definition) is 4. The van der Waals surface area contributed by atoms with E-state index >= 15 is 0 Å². The number of nitrogens with one attached hydrogen (secondary N) is 2. The van der Waals surface area contributed by atoms with E-state index in [-0.39, 0.29) is 24.3 Å². The van der Waals surface area contributed by atoms with Gasteiger partial charge in [-0.15, -0.1) is 11.8 Å². The fraction of sp³-hybridized carbons (Fsp3) is 0.263. The Morgan fingerprint density at radius 2 is 2.00 bits per heavy atom. The summed E-state index contributed by atoms with van der Waals surface area (Å²) >= 11 is 1.44. The third-order valence-electron chi connectivity index (χ3n) is 4.37. The third-order valence-corrected chi connectivity index (χ3v) is 5.65. The standard InChI is InChI=1S/C19H18N2O3S/c22-18(20-13-9-10-24-15-7-3-1-5-12(13)15)11-17-19(23)21-14-6-2-4-8-16(14)25-17/h1-8,13,17H,9-11H2,(H,20,22)(H,21,23). The molecule has 0 radical (unpaired) electrons. The number of ether oxygens (including phenoxy) is 1. The van der Waals surface area contributed by atoms with Crippen molar-refractivity contribution in [3.8, 4) is 5.75 Å². The van der Waals surface area contributed by atoms with E-state index in [1.54, 1.807) is 0 Å². The zero-order chi connectivity index (χ0) is 17.2. The first-order chi connectivity index (χ1) is 12.2. The number of carbonyl (C=O) groups is 2. The van der Waals surface area contributed by atoms with Gasteiger partial charge in [0.2, 0.25) is 11.8 Å². The van der Waals surface area contributed by atoms with Gasteiger partial charge in [-0.25, -0.2) is 0 Å². The first-order valence-electron chi connectivity index (χ1n) is 8.28. The lowest BCUT2D eigenvalue weighted by Crippen LogP contribution is -2.37. The molecule has 2 N–H and O–H groups in total. The molecule has 2 amide bonds. The maximum atomic E-state index is 12.5. The van der Waals surface area contributed by atoms with Crippen LogP contribution in [0.5, 0.6) is 5.75 Å². The number of amides is 2. The van der Waals surface area contributed by atoms with E-state index in [9.17, 15) is 9.59 Å². The van der Waals surface area contributed by atoms with Crippen molar-refractivity contribution in [2.24, 2.45) is 0 Å². The van der Waals surface area contributed by atoms with Crippen molar-refractivity contribution in [1.82, 2.24) is 5.32 Å². The predicted octanol–water partition coefficient (Wildman–Crippen LogP) is 3.13. The second-order valence-corrected chi connectivity index (χ2v) is 7.34. The molecule has 128 valence electrons. The molecule has 2 aliphatic rings. The monoisotopic (exact) mass is 354 g/mol. The molecular formula is C19H18N2O3S. The van der Waals surface area contributed by atoms with Crippen LogP contribution in [0.25, 0.3) is 0 Å². The Morgan fingerprint density at radius 3 is 2.92 bits per heavy atom. The summed E-state index contributed by atoms with van der Waals surface area (Å²) in [7, 11) is 0. The normalized spacial score (nSPS) is 21.4. The molecule has 2 atom stereocenters. The van der Waals surface area contributed by atoms with E-state index in [0.29, 0.717) is 6.61 Å². The second kappa shape index (κ2) is 6.80. The number of carbonyl (C=O) groups excluding carboxylic acids is 2. The molecule has 0 spiro atoms. The Balaban J connectivity index is 1.43. The van der Waals surface area contributed by atoms with Gasteiger partial charge in [-0.2, -0.15) is 0 Å². The highest BCUT2D eigenvalue weighted by atomic mass is 32.2. The van der Waals surface area contributed by atoms with Gasteiger partial charge in [0.15, 0.2) is 0 Å². The summed E-state index contributed by atoms with van der Waals surface area (Å²) < 4.78 is 5.62. The Morgan fingerprint density at radius 1 is 1.20 bits per heavy atom. The van der Waals surface area contributed by atoms with Gasteiger partial charge < -0.3 is 15.4 Å². The van der Waals surface area contributed by atoms with Crippen molar-refractivity contribution in [1.29, 1.82) is 0 Å². The Hall–Kier alpha value is -2.47. The number of hydrogen-bond donors (Lipinski definition) is 2. The molecular weight excluding hydrogens is 336 g/mol. The van der Waals surface area contributed by atoms with Crippen molar-refractivity contribution in [2.45, 2.75) is 29.0 Å². The summed E-state index contributed by atoms with van der Waals surface area (Å²) in [6.07, 6.45) is 0.889. The lowest BCUT2D eigenvalue weighted by atomic mass is 10.0. The van der Waals surface area contributed by atoms with Crippen LogP contribution in [0.2, 0.25) is 0 Å². The molecule has 2 aliphatic heterocycles. The third kappa shape index (κ3) is 3.35. The molecule has 0 saturated carbocycles. The number of rotatable bonds is 3. The maximum Gasteiger partial charge on any atom is 0.238 e. The zero-order valence-electron chi connectivity index (χ0n) is 13.5. The highest BCUT2D eigenvalue weighted by Crippen LogP contribution is 2.37. The summed E-state index contributed by atoms with van der Waals surface area (Å²) in [5.41, 5.74) is 1.81. The van der Waals surface area contributed by atoms with Crippen molar-refractivity contribution < 1.29 is 14.3 Å². The molecule has 0 bridgehead atoms. The molecule has 2 aromatic rings. The molecule has 0 aromatic heterocycles. The molecule has 2 aromatic carbocycles. The molecule has 2 heterocycles. The van der Waals surface area contributed by atoms with Crippen LogP contribution in [0.1, 0.15) is 24.4 Å². The fourth-order valence-electron chi connectivity index (χ4n) is 3.14. The smallest absolute Gasteiger partial charge is 0.238 e. The highest BCUT2D eigenvalue weighted by molar-refractivity contribution is 8.01. The van der Waals surface area contributed by atoms with Gasteiger partial charge in [0, 0.05) is 23.3 Å². The minimum Gasteiger partial charge on any atom is -0.493 e. The SMILES string of the molecule is O=C(CC1Sc2ccccc2NC1=O)NC1CCOc2ccccc21. The van der Waals surface area contributed by atoms with E-state index in [4.69, 9.17) is 4.74 Å². The van der Waals surface area contributed by atoms with E-state index in [2.05, 4.69) is 10.6 Å². The van der Waals surface area contributed by atoms with Gasteiger partial charge in [-0.05, 0) is 18.2 Å². The molecule has 0 saturated heterocycles. The number of anilines is 1. The van der Waals surface area contributed by atoms with Crippen LogP contribution in [-0.4, -0.2) is 23.7 Å². The number of para-hydroxylation sites is 2. The summed E-state index contributed by atoms with van der Waals surface area (Å²) in [6.45, 7) is 0.577. The van der Waals surface area contributed by atoms with E-state index in [0.717, 1.165) is 28.3 Å². The number of thioether (sulfide) groups is 1. The number of fused-ring (bicyclic) bond motifs is 2. The van der Waals surface area contributed by atoms with Gasteiger partial charge in [-0.3, -0.25) is 9.59 Å². The quantitative estimate of drug-likeness (QED) is 0.889. The van der Waals surface area contributed by atoms with Crippen molar-refractivity contribution in [3.05, 3.63) is 54.1 Å². The molecule has 0 fully saturated rings. The van der Waals surface area contributed by atoms with Crippen LogP contribution in [0, 0.1) is 0 Å². The summed E-state index contributed by atoms with van der Waals surface area (Å²) in [5, 5.41) is 5.52. The van der Waals surface area contributed by atoms with Gasteiger partial charge in [-0.1, -0.05) is 30.3 Å². The molecule has 0 aliphatic carbocycles. The van der Waals surface area contributed by atoms with Gasteiger partial charge in [0.05, 0.1) is 23.6 Å². The number of benzene rings is 2. The van der Waals surface area contributed by atoms with Crippen molar-refractivity contribution in [3.63, 3.8) is 0 Å². The molecule has 2 unspecified atom stereocenters. The molecule has 4 rings (SSSR count). The first kappa shape index (κ1) is 16.0. The minimum atomic E-state index is -0.412. The summed E-state index contributed by atoms with van der Waals surface area (Å²) in [5.74, 6) is 0.581. The second-order valence-electron chi connectivity index (χ2n) is 6.09. The van der Waals surface area contributed by atoms with Crippen LogP contribution >= 0.6 is 11.8 Å². The van der Waals surface area contributed by atoms with Crippen LogP contribution < -0.4 is 15.4 Å². The van der Waals surface area contributed by atoms with Crippen molar-refractivity contribution in [2.75, 3.05) is 11.9 Å². The fourth-order valence-corrected chi connectivity index (χ4v) is 4.25. The Labute approximate surface area is 150 Å². The summed E-state index contributed by atoms with van der Waals surface area (Å²) in [6, 6.07) is 15.3. The summed E-state index contributed by atoms with van der Waals surface area (Å²) in [4.78, 5) is 25.7. The molecule has 25 heavy (non-hydrogen) atoms. The van der Waals surface area contributed by atoms with Crippen LogP contribution in [0.4, 0.5) is 5.69 Å². The predicted molar refractivity (Wildman–Crippen MR) is 96.8 cm³/mol. The highest BCUT2D eigenvalue weighted by Gasteiger charge is 2.30. The van der Waals surface area contributed by atoms with Crippen molar-refractivity contribution >= 4 is 29.3 Å². The van der Waals surface area contributed by atoms with Gasteiger partial charge in [0.1, 0.15) is 5.75 Å². The average Bonchev–Trinajstić information content (AvgIpc) is 2.63. The van der Waals surface area contributed by atoms with E-state index < -0.39 is 5.25 Å². The Kier molecular flexibility index (Phi) is 4.36. The average molecular weight is 354 g/mol. The lowest BCUT2D eigenvalue weighted by molar-refractivity contribution is -0.124. The van der Waals surface area contributed by atoms with Crippen LogP contribution in [-0.2, 0) is 9.59 Å². The minimum absolute atomic E-state index is 0.0682. The van der Waals surface area contributed by atoms with Gasteiger partial charge in [0.25, 0.3) is 0 Å². The largest absolute Gasteiger partial charge is 0.493 e. The Bertz CT molecular complexity index is 824. The van der Waals surface area contributed by atoms with E-state index in [1.807, 2.05) is 48.5 Å². The zero-order valence-corrected chi connectivity index (χ0v) is 14.3. The maximum absolute atomic E-state index is 12.5. The lowest BCUT2D eigenvalue weighted by Gasteiger charge is -2.28. The van der Waals surface area contributed by atoms with Crippen LogP contribution in [0.15, 0.2) is 53.4 Å². The first-order valence-corrected chi connectivity index (χ1v) is 9.16.